The molecule has 3 rings (SSSR count). The van der Waals surface area contributed by atoms with Gasteiger partial charge in [0.25, 0.3) is 0 Å². The number of nitrogens with two attached hydrogens (primary N) is 1. The molecule has 33 heavy (non-hydrogen) atoms. The molecule has 1 atom stereocenters. The number of benzene rings is 1. The van der Waals surface area contributed by atoms with E-state index in [1.807, 2.05) is 6.07 Å². The molecule has 182 valence electrons. The molecule has 1 aliphatic rings. The number of carbonyl (C=O) groups is 1. The number of nitrogen functional groups attached to an aromatic ring is 1. The number of amides is 1. The van der Waals surface area contributed by atoms with Crippen LogP contribution in [0.15, 0.2) is 24.3 Å². The van der Waals surface area contributed by atoms with Crippen LogP contribution in [0.25, 0.3) is 0 Å². The summed E-state index contributed by atoms with van der Waals surface area (Å²) in [4.78, 5) is 22.6. The highest BCUT2D eigenvalue weighted by Crippen LogP contribution is 2.33. The first-order valence-corrected chi connectivity index (χ1v) is 10.8. The summed E-state index contributed by atoms with van der Waals surface area (Å²) in [5, 5.41) is 5.85. The number of nitrogens with one attached hydrogen (secondary N) is 2. The summed E-state index contributed by atoms with van der Waals surface area (Å²) in [5.41, 5.74) is 5.82. The number of rotatable bonds is 7. The Balaban J connectivity index is 0.00000385. The van der Waals surface area contributed by atoms with Crippen molar-refractivity contribution in [1.29, 1.82) is 0 Å². The predicted molar refractivity (Wildman–Crippen MR) is 126 cm³/mol. The number of piperidine rings is 1. The van der Waals surface area contributed by atoms with E-state index in [1.165, 1.54) is 13.0 Å². The van der Waals surface area contributed by atoms with Gasteiger partial charge in [0.15, 0.2) is 0 Å². The molecule has 7 nitrogen and oxygen atoms in total. The summed E-state index contributed by atoms with van der Waals surface area (Å²) in [6.07, 6.45) is -0.0755. The number of aryl methyl sites for hydroxylation is 1. The summed E-state index contributed by atoms with van der Waals surface area (Å²) in [5.74, 6) is 0.824. The first kappa shape index (κ1) is 26.5. The number of carbonyl (C=O) groups excluding carboxylic acids is 1. The normalized spacial score (nSPS) is 16.2. The molecule has 0 saturated carbocycles. The zero-order valence-electron chi connectivity index (χ0n) is 18.7. The average molecular weight is 487 g/mol. The zero-order valence-corrected chi connectivity index (χ0v) is 19.5. The first-order chi connectivity index (χ1) is 15.1. The van der Waals surface area contributed by atoms with Gasteiger partial charge in [0.2, 0.25) is 11.9 Å². The Morgan fingerprint density at radius 1 is 1.24 bits per heavy atom. The molecule has 2 heterocycles. The van der Waals surface area contributed by atoms with Crippen LogP contribution in [0.5, 0.6) is 0 Å². The van der Waals surface area contributed by atoms with Crippen molar-refractivity contribution < 1.29 is 18.0 Å². The van der Waals surface area contributed by atoms with Gasteiger partial charge in [-0.05, 0) is 43.9 Å². The number of hydrogen-bond acceptors (Lipinski definition) is 6. The molecule has 4 N–H and O–H groups in total. The number of unbranched alkanes of at least 4 members (excludes halogenated alkanes) is 1. The van der Waals surface area contributed by atoms with Crippen LogP contribution in [0.2, 0.25) is 0 Å². The summed E-state index contributed by atoms with van der Waals surface area (Å²) in [6.45, 7) is 4.96. The van der Waals surface area contributed by atoms with Crippen LogP contribution in [0, 0.1) is 0 Å². The van der Waals surface area contributed by atoms with Gasteiger partial charge in [0, 0.05) is 49.2 Å². The quantitative estimate of drug-likeness (QED) is 0.491. The highest BCUT2D eigenvalue weighted by molar-refractivity contribution is 5.85. The fraction of sp³-hybridized carbons (Fsp3) is 0.500. The number of alkyl halides is 3. The standard InChI is InChI=1S/C22H29F3N6O.ClH/c1-3-4-6-17-12-20(31-8-5-7-18(13-31)27-14(2)32)30-21(28-17)29-19-10-15(22(23,24)25)9-16(26)11-19;/h9-12,18H,3-8,13,26H2,1-2H3,(H,27,32)(H,28,29,30);1H/t18-;/m1./s1. The lowest BCUT2D eigenvalue weighted by molar-refractivity contribution is -0.137. The van der Waals surface area contributed by atoms with Crippen molar-refractivity contribution in [2.24, 2.45) is 0 Å². The molecule has 0 bridgehead atoms. The van der Waals surface area contributed by atoms with Gasteiger partial charge in [-0.3, -0.25) is 4.79 Å². The van der Waals surface area contributed by atoms with Gasteiger partial charge in [-0.25, -0.2) is 4.98 Å². The van der Waals surface area contributed by atoms with Crippen molar-refractivity contribution in [1.82, 2.24) is 15.3 Å². The lowest BCUT2D eigenvalue weighted by Crippen LogP contribution is -2.47. The van der Waals surface area contributed by atoms with Crippen LogP contribution in [-0.4, -0.2) is 35.0 Å². The van der Waals surface area contributed by atoms with E-state index in [-0.39, 0.29) is 41.7 Å². The van der Waals surface area contributed by atoms with Gasteiger partial charge < -0.3 is 21.3 Å². The molecule has 0 radical (unpaired) electrons. The van der Waals surface area contributed by atoms with Gasteiger partial charge >= 0.3 is 6.18 Å². The van der Waals surface area contributed by atoms with Crippen molar-refractivity contribution in [3.63, 3.8) is 0 Å². The minimum Gasteiger partial charge on any atom is -0.399 e. The van der Waals surface area contributed by atoms with E-state index >= 15 is 0 Å². The topological polar surface area (TPSA) is 96.2 Å². The maximum atomic E-state index is 13.2. The monoisotopic (exact) mass is 486 g/mol. The van der Waals surface area contributed by atoms with E-state index in [4.69, 9.17) is 5.73 Å². The number of aromatic nitrogens is 2. The third kappa shape index (κ3) is 7.66. The van der Waals surface area contributed by atoms with Crippen LogP contribution >= 0.6 is 12.4 Å². The summed E-state index contributed by atoms with van der Waals surface area (Å²) in [7, 11) is 0. The highest BCUT2D eigenvalue weighted by atomic mass is 35.5. The SMILES string of the molecule is CCCCc1cc(N2CCC[C@@H](NC(C)=O)C2)nc(Nc2cc(N)cc(C(F)(F)F)c2)n1.Cl. The molecule has 1 aliphatic heterocycles. The van der Waals surface area contributed by atoms with Crippen LogP contribution in [0.3, 0.4) is 0 Å². The van der Waals surface area contributed by atoms with Gasteiger partial charge in [0.05, 0.1) is 5.56 Å². The molecule has 1 fully saturated rings. The largest absolute Gasteiger partial charge is 0.416 e. The average Bonchev–Trinajstić information content (AvgIpc) is 2.71. The molecule has 1 aromatic heterocycles. The Bertz CT molecular complexity index is 956. The Labute approximate surface area is 197 Å². The van der Waals surface area contributed by atoms with E-state index in [0.29, 0.717) is 12.4 Å². The number of nitrogens with zero attached hydrogens (tertiary/aromatic N) is 3. The van der Waals surface area contributed by atoms with E-state index in [1.54, 1.807) is 0 Å². The van der Waals surface area contributed by atoms with E-state index in [9.17, 15) is 18.0 Å². The third-order valence-corrected chi connectivity index (χ3v) is 5.24. The van der Waals surface area contributed by atoms with E-state index < -0.39 is 11.7 Å². The van der Waals surface area contributed by atoms with Crippen LogP contribution in [0.4, 0.5) is 36.3 Å². The molecule has 0 unspecified atom stereocenters. The van der Waals surface area contributed by atoms with Crippen LogP contribution in [0.1, 0.15) is 50.8 Å². The minimum atomic E-state index is -4.51. The Kier molecular flexibility index (Phi) is 9.16. The third-order valence-electron chi connectivity index (χ3n) is 5.24. The molecule has 1 saturated heterocycles. The van der Waals surface area contributed by atoms with Crippen LogP contribution in [-0.2, 0) is 17.4 Å². The van der Waals surface area contributed by atoms with Crippen molar-refractivity contribution in [3.8, 4) is 0 Å². The van der Waals surface area contributed by atoms with E-state index in [0.717, 1.165) is 56.5 Å². The maximum Gasteiger partial charge on any atom is 0.416 e. The Morgan fingerprint density at radius 3 is 2.67 bits per heavy atom. The van der Waals surface area contributed by atoms with E-state index in [2.05, 4.69) is 32.4 Å². The lowest BCUT2D eigenvalue weighted by atomic mass is 10.1. The fourth-order valence-electron chi connectivity index (χ4n) is 3.79. The Morgan fingerprint density at radius 2 is 2.00 bits per heavy atom. The van der Waals surface area contributed by atoms with Gasteiger partial charge in [-0.1, -0.05) is 13.3 Å². The van der Waals surface area contributed by atoms with Crippen LogP contribution < -0.4 is 21.3 Å². The summed E-state index contributed by atoms with van der Waals surface area (Å²) >= 11 is 0. The molecular formula is C22H30ClF3N6O. The fourth-order valence-corrected chi connectivity index (χ4v) is 3.79. The highest BCUT2D eigenvalue weighted by Gasteiger charge is 2.31. The second-order valence-corrected chi connectivity index (χ2v) is 8.10. The Hall–Kier alpha value is -2.75. The molecule has 11 heteroatoms. The smallest absolute Gasteiger partial charge is 0.399 e. The molecular weight excluding hydrogens is 457 g/mol. The maximum absolute atomic E-state index is 13.2. The van der Waals surface area contributed by atoms with Gasteiger partial charge in [0.1, 0.15) is 5.82 Å². The molecule has 0 spiro atoms. The van der Waals surface area contributed by atoms with Crippen molar-refractivity contribution in [2.75, 3.05) is 29.0 Å². The minimum absolute atomic E-state index is 0. The predicted octanol–water partition coefficient (Wildman–Crippen LogP) is 4.69. The van der Waals surface area contributed by atoms with Gasteiger partial charge in [-0.15, -0.1) is 12.4 Å². The second kappa shape index (κ2) is 11.4. The number of hydrogen-bond donors (Lipinski definition) is 3. The molecule has 1 amide bonds. The number of anilines is 4. The number of halogens is 4. The molecule has 1 aromatic carbocycles. The summed E-state index contributed by atoms with van der Waals surface area (Å²) in [6, 6.07) is 5.24. The van der Waals surface area contributed by atoms with Gasteiger partial charge in [-0.2, -0.15) is 18.2 Å². The molecule has 2 aromatic rings. The molecule has 0 aliphatic carbocycles. The zero-order chi connectivity index (χ0) is 23.3. The second-order valence-electron chi connectivity index (χ2n) is 8.10. The summed E-state index contributed by atoms with van der Waals surface area (Å²) < 4.78 is 39.5. The first-order valence-electron chi connectivity index (χ1n) is 10.8. The van der Waals surface area contributed by atoms with Crippen molar-refractivity contribution in [2.45, 2.75) is 58.2 Å². The lowest BCUT2D eigenvalue weighted by Gasteiger charge is -2.34. The van der Waals surface area contributed by atoms with Crippen molar-refractivity contribution >= 4 is 41.5 Å². The van der Waals surface area contributed by atoms with Crippen molar-refractivity contribution in [3.05, 3.63) is 35.5 Å².